The van der Waals surface area contributed by atoms with Crippen molar-refractivity contribution in [1.29, 1.82) is 0 Å². The van der Waals surface area contributed by atoms with Gasteiger partial charge in [-0.25, -0.2) is 0 Å². The molecule has 0 aromatic heterocycles. The third-order valence-electron chi connectivity index (χ3n) is 4.00. The molecule has 3 rings (SSSR count). The zero-order valence-corrected chi connectivity index (χ0v) is 8.70. The number of Topliss-reactive ketones (excluding diaryl/α,β-unsaturated/α-hetero) is 1. The van der Waals surface area contributed by atoms with Crippen LogP contribution in [0.3, 0.4) is 0 Å². The van der Waals surface area contributed by atoms with Gasteiger partial charge in [0.2, 0.25) is 0 Å². The third-order valence-corrected chi connectivity index (χ3v) is 4.00. The Morgan fingerprint density at radius 1 is 1.27 bits per heavy atom. The molecule has 2 atom stereocenters. The molecule has 1 N–H and O–H groups in total. The predicted molar refractivity (Wildman–Crippen MR) is 58.7 cm³/mol. The predicted octanol–water partition coefficient (Wildman–Crippen LogP) is 1.51. The molecule has 1 saturated carbocycles. The molecule has 2 nitrogen and oxygen atoms in total. The average Bonchev–Trinajstić information content (AvgIpc) is 2.29. The van der Waals surface area contributed by atoms with Crippen molar-refractivity contribution in [3.63, 3.8) is 0 Å². The molecule has 1 aliphatic carbocycles. The van der Waals surface area contributed by atoms with E-state index in [2.05, 4.69) is 17.4 Å². The first-order valence-corrected chi connectivity index (χ1v) is 5.63. The minimum Gasteiger partial charge on any atom is -0.316 e. The second-order valence-corrected chi connectivity index (χ2v) is 4.62. The Hall–Kier alpha value is -1.15. The van der Waals surface area contributed by atoms with Gasteiger partial charge in [-0.1, -0.05) is 30.3 Å². The van der Waals surface area contributed by atoms with E-state index in [9.17, 15) is 4.79 Å². The first kappa shape index (κ1) is 9.10. The van der Waals surface area contributed by atoms with Crippen LogP contribution < -0.4 is 5.32 Å². The Bertz CT molecular complexity index is 387. The molecule has 15 heavy (non-hydrogen) atoms. The van der Waals surface area contributed by atoms with E-state index < -0.39 is 0 Å². The number of carbonyl (C=O) groups is 1. The number of piperidine rings is 1. The Morgan fingerprint density at radius 2 is 2.07 bits per heavy atom. The molecule has 0 amide bonds. The second kappa shape index (κ2) is 3.17. The number of nitrogens with one attached hydrogen (secondary N) is 1. The van der Waals surface area contributed by atoms with Crippen molar-refractivity contribution in [3.05, 3.63) is 35.9 Å². The first-order chi connectivity index (χ1) is 7.34. The van der Waals surface area contributed by atoms with Gasteiger partial charge in [-0.05, 0) is 31.0 Å². The van der Waals surface area contributed by atoms with Gasteiger partial charge in [0.15, 0.2) is 0 Å². The lowest BCUT2D eigenvalue weighted by Crippen LogP contribution is -2.61. The molecular formula is C13H15NO. The van der Waals surface area contributed by atoms with Gasteiger partial charge >= 0.3 is 0 Å². The lowest BCUT2D eigenvalue weighted by atomic mass is 9.53. The quantitative estimate of drug-likeness (QED) is 0.746. The van der Waals surface area contributed by atoms with Gasteiger partial charge in [-0.15, -0.1) is 0 Å². The highest BCUT2D eigenvalue weighted by atomic mass is 16.1. The molecule has 2 unspecified atom stereocenters. The van der Waals surface area contributed by atoms with E-state index in [1.165, 1.54) is 5.56 Å². The van der Waals surface area contributed by atoms with Crippen LogP contribution >= 0.6 is 0 Å². The van der Waals surface area contributed by atoms with Crippen LogP contribution in [-0.2, 0) is 10.2 Å². The minimum absolute atomic E-state index is 0.132. The van der Waals surface area contributed by atoms with Crippen molar-refractivity contribution >= 4 is 5.78 Å². The molecule has 1 aromatic carbocycles. The van der Waals surface area contributed by atoms with Gasteiger partial charge in [0.1, 0.15) is 5.78 Å². The van der Waals surface area contributed by atoms with Crippen molar-refractivity contribution in [3.8, 4) is 0 Å². The van der Waals surface area contributed by atoms with E-state index in [-0.39, 0.29) is 5.41 Å². The Balaban J connectivity index is 2.04. The minimum atomic E-state index is -0.132. The lowest BCUT2D eigenvalue weighted by Gasteiger charge is -2.51. The summed E-state index contributed by atoms with van der Waals surface area (Å²) in [6.45, 7) is 1.97. The number of ketones is 1. The maximum absolute atomic E-state index is 12.0. The summed E-state index contributed by atoms with van der Waals surface area (Å²) in [6, 6.07) is 10.3. The van der Waals surface area contributed by atoms with Gasteiger partial charge in [0.25, 0.3) is 0 Å². The first-order valence-electron chi connectivity index (χ1n) is 5.63. The van der Waals surface area contributed by atoms with E-state index in [1.807, 2.05) is 18.2 Å². The monoisotopic (exact) mass is 201 g/mol. The van der Waals surface area contributed by atoms with E-state index in [4.69, 9.17) is 0 Å². The van der Waals surface area contributed by atoms with Gasteiger partial charge in [0, 0.05) is 6.42 Å². The molecule has 1 aliphatic heterocycles. The zero-order chi connectivity index (χ0) is 10.3. The van der Waals surface area contributed by atoms with Gasteiger partial charge in [-0.2, -0.15) is 0 Å². The maximum atomic E-state index is 12.0. The number of fused-ring (bicyclic) bond motifs is 1. The summed E-state index contributed by atoms with van der Waals surface area (Å²) >= 11 is 0. The molecule has 2 fully saturated rings. The number of hydrogen-bond acceptors (Lipinski definition) is 2. The molecule has 0 bridgehead atoms. The van der Waals surface area contributed by atoms with Gasteiger partial charge < -0.3 is 5.32 Å². The van der Waals surface area contributed by atoms with Crippen LogP contribution in [0.2, 0.25) is 0 Å². The smallest absolute Gasteiger partial charge is 0.144 e. The summed E-state index contributed by atoms with van der Waals surface area (Å²) in [5.41, 5.74) is 1.10. The fraction of sp³-hybridized carbons (Fsp3) is 0.462. The molecule has 1 heterocycles. The Labute approximate surface area is 89.7 Å². The van der Waals surface area contributed by atoms with Crippen molar-refractivity contribution in [2.45, 2.75) is 18.3 Å². The normalized spacial score (nSPS) is 34.4. The van der Waals surface area contributed by atoms with Crippen LogP contribution in [0.5, 0.6) is 0 Å². The molecule has 1 aromatic rings. The van der Waals surface area contributed by atoms with Crippen LogP contribution in [0.1, 0.15) is 18.4 Å². The topological polar surface area (TPSA) is 29.1 Å². The van der Waals surface area contributed by atoms with E-state index in [1.54, 1.807) is 0 Å². The van der Waals surface area contributed by atoms with E-state index in [0.717, 1.165) is 25.9 Å². The fourth-order valence-electron chi connectivity index (χ4n) is 3.11. The Kier molecular flexibility index (Phi) is 1.93. The maximum Gasteiger partial charge on any atom is 0.144 e. The molecule has 2 aliphatic rings. The van der Waals surface area contributed by atoms with Crippen molar-refractivity contribution < 1.29 is 4.79 Å². The standard InChI is InChI=1S/C13H15NO/c15-12-8-11-9-14-7-6-13(11,12)10-4-2-1-3-5-10/h1-5,11,14H,6-9H2. The van der Waals surface area contributed by atoms with Crippen molar-refractivity contribution in [2.24, 2.45) is 5.92 Å². The van der Waals surface area contributed by atoms with E-state index in [0.29, 0.717) is 11.7 Å². The van der Waals surface area contributed by atoms with Crippen LogP contribution in [0.4, 0.5) is 0 Å². The summed E-state index contributed by atoms with van der Waals surface area (Å²) in [4.78, 5) is 12.0. The highest BCUT2D eigenvalue weighted by Gasteiger charge is 2.56. The molecule has 1 saturated heterocycles. The van der Waals surface area contributed by atoms with Crippen molar-refractivity contribution in [2.75, 3.05) is 13.1 Å². The summed E-state index contributed by atoms with van der Waals surface area (Å²) in [5, 5.41) is 3.38. The second-order valence-electron chi connectivity index (χ2n) is 4.62. The van der Waals surface area contributed by atoms with Crippen LogP contribution in [0.25, 0.3) is 0 Å². The molecule has 2 heteroatoms. The molecular weight excluding hydrogens is 186 g/mol. The molecule has 78 valence electrons. The van der Waals surface area contributed by atoms with Crippen LogP contribution in [0, 0.1) is 5.92 Å². The summed E-state index contributed by atoms with van der Waals surface area (Å²) in [5.74, 6) is 0.973. The van der Waals surface area contributed by atoms with Gasteiger partial charge in [0.05, 0.1) is 5.41 Å². The highest BCUT2D eigenvalue weighted by Crippen LogP contribution is 2.49. The SMILES string of the molecule is O=C1CC2CNCCC12c1ccccc1. The number of benzene rings is 1. The fourth-order valence-corrected chi connectivity index (χ4v) is 3.11. The van der Waals surface area contributed by atoms with Gasteiger partial charge in [-0.3, -0.25) is 4.79 Å². The Morgan fingerprint density at radius 3 is 2.73 bits per heavy atom. The van der Waals surface area contributed by atoms with E-state index >= 15 is 0 Å². The summed E-state index contributed by atoms with van der Waals surface area (Å²) < 4.78 is 0. The number of rotatable bonds is 1. The zero-order valence-electron chi connectivity index (χ0n) is 8.70. The van der Waals surface area contributed by atoms with Crippen LogP contribution in [0.15, 0.2) is 30.3 Å². The highest BCUT2D eigenvalue weighted by molar-refractivity contribution is 5.97. The number of carbonyl (C=O) groups excluding carboxylic acids is 1. The molecule has 0 radical (unpaired) electrons. The van der Waals surface area contributed by atoms with Crippen LogP contribution in [-0.4, -0.2) is 18.9 Å². The average molecular weight is 201 g/mol. The lowest BCUT2D eigenvalue weighted by molar-refractivity contribution is -0.139. The summed E-state index contributed by atoms with van der Waals surface area (Å²) in [6.07, 6.45) is 1.74. The third kappa shape index (κ3) is 1.11. The summed E-state index contributed by atoms with van der Waals surface area (Å²) in [7, 11) is 0. The number of hydrogen-bond donors (Lipinski definition) is 1. The molecule has 0 spiro atoms. The largest absolute Gasteiger partial charge is 0.316 e. The van der Waals surface area contributed by atoms with Crippen molar-refractivity contribution in [1.82, 2.24) is 5.32 Å².